The summed E-state index contributed by atoms with van der Waals surface area (Å²) in [5.74, 6) is -0.237. The lowest BCUT2D eigenvalue weighted by Gasteiger charge is -2.40. The van der Waals surface area contributed by atoms with Crippen LogP contribution in [0.1, 0.15) is 18.9 Å². The van der Waals surface area contributed by atoms with Gasteiger partial charge in [0.25, 0.3) is 0 Å². The van der Waals surface area contributed by atoms with Crippen LogP contribution in [0.5, 0.6) is 0 Å². The first-order valence-corrected chi connectivity index (χ1v) is 12.7. The van der Waals surface area contributed by atoms with Gasteiger partial charge < -0.3 is 21.2 Å². The maximum Gasteiger partial charge on any atom is 0.237 e. The van der Waals surface area contributed by atoms with Gasteiger partial charge in [0, 0.05) is 30.7 Å². The Morgan fingerprint density at radius 2 is 1.82 bits per heavy atom. The zero-order valence-electron chi connectivity index (χ0n) is 18.7. The van der Waals surface area contributed by atoms with Crippen LogP contribution in [0.3, 0.4) is 0 Å². The molecule has 1 aliphatic rings. The summed E-state index contributed by atoms with van der Waals surface area (Å²) in [6, 6.07) is 12.5. The number of aromatic nitrogens is 1. The van der Waals surface area contributed by atoms with Crippen molar-refractivity contribution in [2.75, 3.05) is 54.0 Å². The Hall–Kier alpha value is -3.08. The molecular formula is C23H30N6O3S. The molecule has 2 heterocycles. The SMILES string of the molecule is CCCN(c1c(NS(=O)(=O)Cc2ccccc2N)cnc2c(N)cccc12)N1CCOCC1. The fourth-order valence-corrected chi connectivity index (χ4v) is 5.29. The van der Waals surface area contributed by atoms with Gasteiger partial charge in [-0.1, -0.05) is 37.3 Å². The first-order chi connectivity index (χ1) is 15.9. The Labute approximate surface area is 194 Å². The van der Waals surface area contributed by atoms with Crippen molar-refractivity contribution in [1.82, 2.24) is 9.99 Å². The number of hydrogen-bond donors (Lipinski definition) is 3. The number of benzene rings is 2. The summed E-state index contributed by atoms with van der Waals surface area (Å²) in [5.41, 5.74) is 15.5. The highest BCUT2D eigenvalue weighted by atomic mass is 32.2. The number of nitrogen functional groups attached to an aromatic ring is 2. The number of hydrazine groups is 1. The van der Waals surface area contributed by atoms with E-state index in [1.807, 2.05) is 12.1 Å². The summed E-state index contributed by atoms with van der Waals surface area (Å²) >= 11 is 0. The second-order valence-electron chi connectivity index (χ2n) is 8.01. The maximum atomic E-state index is 13.2. The third-order valence-electron chi connectivity index (χ3n) is 5.59. The smallest absolute Gasteiger partial charge is 0.237 e. The lowest BCUT2D eigenvalue weighted by molar-refractivity contribution is 0.0318. The highest BCUT2D eigenvalue weighted by Gasteiger charge is 2.26. The molecule has 5 N–H and O–H groups in total. The fraction of sp³-hybridized carbons (Fsp3) is 0.348. The van der Waals surface area contributed by atoms with Crippen LogP contribution in [0.2, 0.25) is 0 Å². The number of rotatable bonds is 8. The van der Waals surface area contributed by atoms with Crippen molar-refractivity contribution in [2.45, 2.75) is 19.1 Å². The molecule has 2 aromatic carbocycles. The molecule has 0 aliphatic carbocycles. The van der Waals surface area contributed by atoms with Crippen LogP contribution < -0.4 is 21.2 Å². The molecule has 0 saturated carbocycles. The zero-order valence-corrected chi connectivity index (χ0v) is 19.5. The van der Waals surface area contributed by atoms with E-state index < -0.39 is 10.0 Å². The van der Waals surface area contributed by atoms with E-state index in [2.05, 4.69) is 26.6 Å². The first kappa shape index (κ1) is 23.1. The van der Waals surface area contributed by atoms with Crippen molar-refractivity contribution in [1.29, 1.82) is 0 Å². The van der Waals surface area contributed by atoms with Gasteiger partial charge in [0.2, 0.25) is 10.0 Å². The summed E-state index contributed by atoms with van der Waals surface area (Å²) in [6.07, 6.45) is 2.42. The predicted octanol–water partition coefficient (Wildman–Crippen LogP) is 2.80. The Morgan fingerprint density at radius 3 is 2.55 bits per heavy atom. The van der Waals surface area contributed by atoms with Gasteiger partial charge in [0.15, 0.2) is 0 Å². The van der Waals surface area contributed by atoms with E-state index in [0.717, 1.165) is 17.5 Å². The molecule has 1 saturated heterocycles. The molecule has 0 bridgehead atoms. The largest absolute Gasteiger partial charge is 0.398 e. The number of nitrogens with one attached hydrogen (secondary N) is 1. The number of nitrogens with zero attached hydrogens (tertiary/aromatic N) is 3. The minimum atomic E-state index is -3.76. The van der Waals surface area contributed by atoms with Crippen molar-refractivity contribution in [3.05, 3.63) is 54.2 Å². The number of hydrogen-bond acceptors (Lipinski definition) is 8. The number of nitrogens with two attached hydrogens (primary N) is 2. The average Bonchev–Trinajstić information content (AvgIpc) is 2.80. The second-order valence-corrected chi connectivity index (χ2v) is 9.74. The molecule has 10 heteroatoms. The van der Waals surface area contributed by atoms with Crippen molar-refractivity contribution >= 4 is 43.7 Å². The van der Waals surface area contributed by atoms with Gasteiger partial charge in [-0.2, -0.15) is 0 Å². The molecule has 1 fully saturated rings. The third kappa shape index (κ3) is 5.13. The first-order valence-electron chi connectivity index (χ1n) is 11.0. The van der Waals surface area contributed by atoms with E-state index in [1.54, 1.807) is 36.5 Å². The number of sulfonamides is 1. The van der Waals surface area contributed by atoms with Crippen molar-refractivity contribution in [3.8, 4) is 0 Å². The van der Waals surface area contributed by atoms with Crippen LogP contribution >= 0.6 is 0 Å². The topological polar surface area (TPSA) is 127 Å². The zero-order chi connectivity index (χ0) is 23.4. The van der Waals surface area contributed by atoms with Gasteiger partial charge in [-0.25, -0.2) is 13.4 Å². The minimum Gasteiger partial charge on any atom is -0.398 e. The van der Waals surface area contributed by atoms with Gasteiger partial charge in [-0.05, 0) is 24.1 Å². The molecule has 1 aromatic heterocycles. The van der Waals surface area contributed by atoms with Crippen molar-refractivity contribution in [3.63, 3.8) is 0 Å². The van der Waals surface area contributed by atoms with Gasteiger partial charge in [-0.3, -0.25) is 9.71 Å². The predicted molar refractivity (Wildman–Crippen MR) is 133 cm³/mol. The van der Waals surface area contributed by atoms with Gasteiger partial charge in [0.05, 0.1) is 47.7 Å². The maximum absolute atomic E-state index is 13.2. The Kier molecular flexibility index (Phi) is 6.87. The summed E-state index contributed by atoms with van der Waals surface area (Å²) in [6.45, 7) is 5.43. The lowest BCUT2D eigenvalue weighted by atomic mass is 10.1. The highest BCUT2D eigenvalue weighted by Crippen LogP contribution is 2.37. The number of para-hydroxylation sites is 2. The molecular weight excluding hydrogens is 440 g/mol. The molecule has 9 nitrogen and oxygen atoms in total. The van der Waals surface area contributed by atoms with Crippen LogP contribution in [-0.4, -0.2) is 51.3 Å². The molecule has 0 radical (unpaired) electrons. The number of ether oxygens (including phenoxy) is 1. The van der Waals surface area contributed by atoms with Crippen LogP contribution in [0.15, 0.2) is 48.7 Å². The average molecular weight is 471 g/mol. The number of pyridine rings is 1. The monoisotopic (exact) mass is 470 g/mol. The fourth-order valence-electron chi connectivity index (χ4n) is 4.06. The third-order valence-corrected chi connectivity index (χ3v) is 6.81. The minimum absolute atomic E-state index is 0.237. The van der Waals surface area contributed by atoms with Crippen molar-refractivity contribution < 1.29 is 13.2 Å². The molecule has 0 amide bonds. The number of anilines is 4. The number of fused-ring (bicyclic) bond motifs is 1. The summed E-state index contributed by atoms with van der Waals surface area (Å²) in [7, 11) is -3.76. The Bertz CT molecular complexity index is 1230. The lowest BCUT2D eigenvalue weighted by Crippen LogP contribution is -2.49. The molecule has 0 unspecified atom stereocenters. The van der Waals surface area contributed by atoms with Crippen LogP contribution in [-0.2, 0) is 20.5 Å². The normalized spacial score (nSPS) is 14.9. The van der Waals surface area contributed by atoms with Crippen LogP contribution in [0.25, 0.3) is 10.9 Å². The van der Waals surface area contributed by atoms with Gasteiger partial charge >= 0.3 is 0 Å². The molecule has 176 valence electrons. The summed E-state index contributed by atoms with van der Waals surface area (Å²) in [5, 5.41) is 5.10. The van der Waals surface area contributed by atoms with Gasteiger partial charge in [-0.15, -0.1) is 0 Å². The van der Waals surface area contributed by atoms with E-state index in [4.69, 9.17) is 16.2 Å². The van der Waals surface area contributed by atoms with Crippen LogP contribution in [0, 0.1) is 0 Å². The standard InChI is InChI=1S/C23H30N6O3S/c1-2-10-29(28-11-13-32-14-12-28)23-18-7-5-9-20(25)22(18)26-15-21(23)27-33(30,31)16-17-6-3-4-8-19(17)24/h3-9,15,27H,2,10-14,16,24-25H2,1H3. The van der Waals surface area contributed by atoms with E-state index >= 15 is 0 Å². The summed E-state index contributed by atoms with van der Waals surface area (Å²) in [4.78, 5) is 4.49. The summed E-state index contributed by atoms with van der Waals surface area (Å²) < 4.78 is 34.6. The highest BCUT2D eigenvalue weighted by molar-refractivity contribution is 7.91. The molecule has 1 aliphatic heterocycles. The number of morpholine rings is 1. The second kappa shape index (κ2) is 9.82. The molecule has 4 rings (SSSR count). The Morgan fingerprint density at radius 1 is 1.09 bits per heavy atom. The molecule has 0 atom stereocenters. The Balaban J connectivity index is 1.80. The van der Waals surface area contributed by atoms with E-state index in [1.165, 1.54) is 0 Å². The van der Waals surface area contributed by atoms with Crippen molar-refractivity contribution in [2.24, 2.45) is 0 Å². The quantitative estimate of drug-likeness (QED) is 0.429. The molecule has 3 aromatic rings. The van der Waals surface area contributed by atoms with E-state index in [0.29, 0.717) is 61.0 Å². The van der Waals surface area contributed by atoms with E-state index in [9.17, 15) is 8.42 Å². The molecule has 33 heavy (non-hydrogen) atoms. The van der Waals surface area contributed by atoms with Crippen LogP contribution in [0.4, 0.5) is 22.7 Å². The molecule has 0 spiro atoms. The van der Waals surface area contributed by atoms with E-state index in [-0.39, 0.29) is 5.75 Å². The van der Waals surface area contributed by atoms with Gasteiger partial charge in [0.1, 0.15) is 0 Å².